The van der Waals surface area contributed by atoms with Crippen LogP contribution in [-0.4, -0.2) is 59.5 Å². The highest BCUT2D eigenvalue weighted by Gasteiger charge is 2.45. The van der Waals surface area contributed by atoms with Crippen LogP contribution in [0.15, 0.2) is 24.3 Å². The Morgan fingerprint density at radius 1 is 1.50 bits per heavy atom. The van der Waals surface area contributed by atoms with Gasteiger partial charge in [0.15, 0.2) is 0 Å². The minimum Gasteiger partial charge on any atom is -0.444 e. The van der Waals surface area contributed by atoms with Crippen molar-refractivity contribution >= 4 is 12.1 Å². The van der Waals surface area contributed by atoms with Gasteiger partial charge in [0.2, 0.25) is 0 Å². The van der Waals surface area contributed by atoms with E-state index in [1.807, 2.05) is 27.7 Å². The van der Waals surface area contributed by atoms with Gasteiger partial charge < -0.3 is 15.0 Å². The summed E-state index contributed by atoms with van der Waals surface area (Å²) in [6, 6.07) is -0.452. The summed E-state index contributed by atoms with van der Waals surface area (Å²) in [4.78, 5) is 31.7. The number of hydrogen-bond acceptors (Lipinski definition) is 4. The second kappa shape index (κ2) is 7.25. The molecule has 0 spiro atoms. The normalized spacial score (nSPS) is 23.2. The molecule has 1 fully saturated rings. The lowest BCUT2D eigenvalue weighted by Crippen LogP contribution is -2.48. The molecule has 2 heterocycles. The van der Waals surface area contributed by atoms with Crippen LogP contribution in [0.2, 0.25) is 0 Å². The van der Waals surface area contributed by atoms with Crippen molar-refractivity contribution in [3.63, 3.8) is 0 Å². The molecule has 1 N–H and O–H groups in total. The zero-order valence-electron chi connectivity index (χ0n) is 14.9. The molecule has 2 atom stereocenters. The summed E-state index contributed by atoms with van der Waals surface area (Å²) in [6.45, 7) is 12.2. The second-order valence-corrected chi connectivity index (χ2v) is 6.91. The molecule has 2 aliphatic heterocycles. The maximum absolute atomic E-state index is 12.6. The van der Waals surface area contributed by atoms with Gasteiger partial charge in [0.1, 0.15) is 5.60 Å². The van der Waals surface area contributed by atoms with Crippen LogP contribution in [0.4, 0.5) is 9.59 Å². The lowest BCUT2D eigenvalue weighted by molar-refractivity contribution is -0.107. The smallest absolute Gasteiger partial charge is 0.407 e. The maximum atomic E-state index is 12.6. The molecule has 0 aromatic heterocycles. The van der Waals surface area contributed by atoms with E-state index in [4.69, 9.17) is 9.57 Å². The molecule has 3 amide bonds. The van der Waals surface area contributed by atoms with Gasteiger partial charge in [0, 0.05) is 13.1 Å². The number of hydrogen-bond donors (Lipinski definition) is 1. The van der Waals surface area contributed by atoms with Crippen molar-refractivity contribution in [2.45, 2.75) is 51.8 Å². The highest BCUT2D eigenvalue weighted by molar-refractivity contribution is 5.78. The number of carbonyl (C=O) groups is 2. The number of urea groups is 1. The van der Waals surface area contributed by atoms with E-state index in [0.717, 1.165) is 12.0 Å². The number of nitrogens with zero attached hydrogens (tertiary/aromatic N) is 2. The number of nitrogens with one attached hydrogen (secondary N) is 1. The Hall–Kier alpha value is -2.02. The van der Waals surface area contributed by atoms with Crippen molar-refractivity contribution in [1.82, 2.24) is 15.3 Å². The molecule has 2 rings (SSSR count). The van der Waals surface area contributed by atoms with Crippen LogP contribution >= 0.6 is 0 Å². The van der Waals surface area contributed by atoms with Gasteiger partial charge in [-0.05, 0) is 32.8 Å². The van der Waals surface area contributed by atoms with Gasteiger partial charge in [0.05, 0.1) is 18.7 Å². The predicted molar refractivity (Wildman–Crippen MR) is 90.3 cm³/mol. The van der Waals surface area contributed by atoms with Crippen LogP contribution in [-0.2, 0) is 9.57 Å². The first-order valence-corrected chi connectivity index (χ1v) is 8.28. The summed E-state index contributed by atoms with van der Waals surface area (Å²) >= 11 is 0. The van der Waals surface area contributed by atoms with E-state index in [-0.39, 0.29) is 24.7 Å². The number of hydroxylamine groups is 2. The molecule has 24 heavy (non-hydrogen) atoms. The van der Waals surface area contributed by atoms with Crippen molar-refractivity contribution in [3.05, 3.63) is 24.3 Å². The quantitative estimate of drug-likeness (QED) is 0.756. The number of carbonyl (C=O) groups excluding carboxylic acids is 2. The van der Waals surface area contributed by atoms with Gasteiger partial charge in [0.25, 0.3) is 0 Å². The van der Waals surface area contributed by atoms with Crippen molar-refractivity contribution < 1.29 is 19.2 Å². The zero-order chi connectivity index (χ0) is 17.9. The van der Waals surface area contributed by atoms with Gasteiger partial charge in [-0.3, -0.25) is 4.84 Å². The van der Waals surface area contributed by atoms with Gasteiger partial charge >= 0.3 is 12.1 Å². The van der Waals surface area contributed by atoms with Gasteiger partial charge in [-0.2, -0.15) is 5.06 Å². The zero-order valence-corrected chi connectivity index (χ0v) is 14.9. The second-order valence-electron chi connectivity index (χ2n) is 6.91. The monoisotopic (exact) mass is 337 g/mol. The highest BCUT2D eigenvalue weighted by Crippen LogP contribution is 2.30. The van der Waals surface area contributed by atoms with Crippen LogP contribution in [0.1, 0.15) is 34.1 Å². The topological polar surface area (TPSA) is 71.1 Å². The standard InChI is InChI=1S/C17H27N3O4/c1-6-8-23-20-13-9-12(7-2)14(19(11-13)16(20)22)10-18-15(21)24-17(3,4)5/h6,9,13-14H,1,7-8,10-11H2,2-5H3,(H,18,21)/t13?,14-/m1/s1. The van der Waals surface area contributed by atoms with E-state index in [1.54, 1.807) is 11.0 Å². The number of ether oxygens (including phenoxy) is 1. The molecule has 0 aliphatic carbocycles. The molecule has 2 bridgehead atoms. The minimum atomic E-state index is -0.552. The molecule has 2 aliphatic rings. The molecule has 7 heteroatoms. The van der Waals surface area contributed by atoms with E-state index in [0.29, 0.717) is 13.1 Å². The highest BCUT2D eigenvalue weighted by atomic mass is 16.7. The Kier molecular flexibility index (Phi) is 5.54. The summed E-state index contributed by atoms with van der Waals surface area (Å²) in [6.07, 6.45) is 3.99. The van der Waals surface area contributed by atoms with Crippen molar-refractivity contribution in [1.29, 1.82) is 0 Å². The fourth-order valence-electron chi connectivity index (χ4n) is 2.93. The summed E-state index contributed by atoms with van der Waals surface area (Å²) < 4.78 is 5.26. The molecule has 0 radical (unpaired) electrons. The lowest BCUT2D eigenvalue weighted by Gasteiger charge is -2.32. The van der Waals surface area contributed by atoms with Gasteiger partial charge in [-0.1, -0.05) is 19.1 Å². The molecule has 134 valence electrons. The molecule has 1 saturated heterocycles. The Morgan fingerprint density at radius 3 is 2.79 bits per heavy atom. The average molecular weight is 337 g/mol. The van der Waals surface area contributed by atoms with E-state index < -0.39 is 11.7 Å². The number of alkyl carbamates (subject to hydrolysis) is 1. The first kappa shape index (κ1) is 18.3. The summed E-state index contributed by atoms with van der Waals surface area (Å²) in [7, 11) is 0. The third-order valence-corrected chi connectivity index (χ3v) is 3.91. The molecular formula is C17H27N3O4. The Balaban J connectivity index is 2.04. The SMILES string of the molecule is C=CCON1C(=O)N2CC1C=C(CC)[C@H]2CNC(=O)OC(C)(C)C. The minimum absolute atomic E-state index is 0.0924. The average Bonchev–Trinajstić information content (AvgIpc) is 2.74. The van der Waals surface area contributed by atoms with Crippen molar-refractivity contribution in [3.8, 4) is 0 Å². The molecular weight excluding hydrogens is 310 g/mol. The molecule has 1 unspecified atom stereocenters. The first-order chi connectivity index (χ1) is 11.3. The predicted octanol–water partition coefficient (Wildman–Crippen LogP) is 2.45. The van der Waals surface area contributed by atoms with Crippen LogP contribution in [0.3, 0.4) is 0 Å². The van der Waals surface area contributed by atoms with Crippen molar-refractivity contribution in [2.75, 3.05) is 19.7 Å². The summed E-state index contributed by atoms with van der Waals surface area (Å²) in [5, 5.41) is 4.16. The number of amides is 3. The maximum Gasteiger partial charge on any atom is 0.407 e. The summed E-state index contributed by atoms with van der Waals surface area (Å²) in [5.74, 6) is 0. The first-order valence-electron chi connectivity index (χ1n) is 8.28. The van der Waals surface area contributed by atoms with Gasteiger partial charge in [-0.25, -0.2) is 9.59 Å². The molecule has 0 saturated carbocycles. The fourth-order valence-corrected chi connectivity index (χ4v) is 2.93. The number of fused-ring (bicyclic) bond motifs is 2. The summed E-state index contributed by atoms with van der Waals surface area (Å²) in [5.41, 5.74) is 0.560. The van der Waals surface area contributed by atoms with Crippen LogP contribution in [0.25, 0.3) is 0 Å². The Labute approximate surface area is 143 Å². The van der Waals surface area contributed by atoms with Crippen LogP contribution < -0.4 is 5.32 Å². The largest absolute Gasteiger partial charge is 0.444 e. The third-order valence-electron chi connectivity index (χ3n) is 3.91. The van der Waals surface area contributed by atoms with Crippen molar-refractivity contribution in [2.24, 2.45) is 0 Å². The Morgan fingerprint density at radius 2 is 2.21 bits per heavy atom. The number of rotatable bonds is 6. The van der Waals surface area contributed by atoms with Crippen LogP contribution in [0.5, 0.6) is 0 Å². The van der Waals surface area contributed by atoms with Gasteiger partial charge in [-0.15, -0.1) is 6.58 Å². The van der Waals surface area contributed by atoms with E-state index in [9.17, 15) is 9.59 Å². The fraction of sp³-hybridized carbons (Fsp3) is 0.647. The van der Waals surface area contributed by atoms with E-state index in [1.165, 1.54) is 5.06 Å². The molecule has 0 aromatic rings. The molecule has 7 nitrogen and oxygen atoms in total. The third kappa shape index (κ3) is 4.08. The molecule has 0 aromatic carbocycles. The van der Waals surface area contributed by atoms with E-state index in [2.05, 4.69) is 18.0 Å². The Bertz CT molecular complexity index is 538. The lowest BCUT2D eigenvalue weighted by atomic mass is 9.97. The van der Waals surface area contributed by atoms with Crippen LogP contribution in [0, 0.1) is 0 Å². The van der Waals surface area contributed by atoms with E-state index >= 15 is 0 Å².